The Kier molecular flexibility index (Phi) is 3.78. The molecule has 1 saturated heterocycles. The number of fused-ring (bicyclic) bond motifs is 8. The molecule has 30 heavy (non-hydrogen) atoms. The molecule has 0 spiro atoms. The normalized spacial score (nSPS) is 33.4. The smallest absolute Gasteiger partial charge is 0.238 e. The molecule has 2 aliphatic heterocycles. The van der Waals surface area contributed by atoms with Gasteiger partial charge in [-0.1, -0.05) is 35.0 Å². The molecule has 3 fully saturated rings. The van der Waals surface area contributed by atoms with Crippen molar-refractivity contribution in [1.82, 2.24) is 0 Å². The summed E-state index contributed by atoms with van der Waals surface area (Å²) in [4.78, 5) is 33.9. The third-order valence-electron chi connectivity index (χ3n) is 7.17. The number of hydrogen-bond donors (Lipinski definition) is 0. The molecule has 6 nitrogen and oxygen atoms in total. The van der Waals surface area contributed by atoms with E-state index in [4.69, 9.17) is 21.2 Å². The number of benzene rings is 2. The average Bonchev–Trinajstić information content (AvgIpc) is 3.49. The van der Waals surface area contributed by atoms with Crippen molar-refractivity contribution < 1.29 is 19.2 Å². The summed E-state index contributed by atoms with van der Waals surface area (Å²) in [6.07, 6.45) is 0.636. The Labute approximate surface area is 178 Å². The first-order valence-electron chi connectivity index (χ1n) is 10.1. The third kappa shape index (κ3) is 2.23. The first-order valence-corrected chi connectivity index (χ1v) is 10.5. The summed E-state index contributed by atoms with van der Waals surface area (Å²) < 4.78 is 5.19. The number of anilines is 1. The van der Waals surface area contributed by atoms with Gasteiger partial charge in [-0.15, -0.1) is 0 Å². The first kappa shape index (κ1) is 18.0. The van der Waals surface area contributed by atoms with Crippen LogP contribution in [0.1, 0.15) is 12.0 Å². The van der Waals surface area contributed by atoms with E-state index in [9.17, 15) is 9.59 Å². The number of ether oxygens (including phenoxy) is 1. The van der Waals surface area contributed by atoms with Crippen molar-refractivity contribution in [3.63, 3.8) is 0 Å². The van der Waals surface area contributed by atoms with Crippen LogP contribution < -0.4 is 9.64 Å². The van der Waals surface area contributed by atoms with Crippen LogP contribution in [0.2, 0.25) is 5.02 Å². The molecule has 2 aromatic rings. The predicted octanol–water partition coefficient (Wildman–Crippen LogP) is 3.52. The SMILES string of the molecule is COc1ccc(N2C(=O)[C@@H]3[C@H]4C[C@@H]([C@@H]5C(c6ccccc6Cl)=NO[C@@H]45)[C@@H]3C2=O)cc1. The Morgan fingerprint density at radius 2 is 1.70 bits per heavy atom. The van der Waals surface area contributed by atoms with E-state index >= 15 is 0 Å². The second-order valence-corrected chi connectivity index (χ2v) is 8.78. The molecule has 2 saturated carbocycles. The standard InChI is InChI=1S/C23H19ClN2O4/c1-29-12-8-6-11(7-9-12)26-22(27)17-14-10-15(18(17)23(26)28)21-19(14)20(25-30-21)13-4-2-3-5-16(13)24/h2-9,14-15,17-19,21H,10H2,1H3/t14-,15-,17+,18-,19-,21+/m1/s1. The zero-order valence-corrected chi connectivity index (χ0v) is 17.0. The van der Waals surface area contributed by atoms with Gasteiger partial charge in [-0.05, 0) is 42.7 Å². The zero-order chi connectivity index (χ0) is 20.6. The molecule has 152 valence electrons. The van der Waals surface area contributed by atoms with Gasteiger partial charge in [0.15, 0.2) is 0 Å². The average molecular weight is 423 g/mol. The van der Waals surface area contributed by atoms with Crippen LogP contribution in [0.15, 0.2) is 53.7 Å². The van der Waals surface area contributed by atoms with Gasteiger partial charge in [0.2, 0.25) is 11.8 Å². The lowest BCUT2D eigenvalue weighted by atomic mass is 9.71. The van der Waals surface area contributed by atoms with Crippen LogP contribution in [0, 0.1) is 29.6 Å². The molecule has 0 unspecified atom stereocenters. The van der Waals surface area contributed by atoms with E-state index in [1.807, 2.05) is 24.3 Å². The van der Waals surface area contributed by atoms with Crippen molar-refractivity contribution in [2.75, 3.05) is 12.0 Å². The molecule has 6 atom stereocenters. The number of methoxy groups -OCH3 is 1. The van der Waals surface area contributed by atoms with Crippen molar-refractivity contribution >= 4 is 34.8 Å². The van der Waals surface area contributed by atoms with Crippen LogP contribution >= 0.6 is 11.6 Å². The number of amides is 2. The molecule has 4 aliphatic rings. The molecule has 0 radical (unpaired) electrons. The summed E-state index contributed by atoms with van der Waals surface area (Å²) in [5, 5.41) is 4.97. The molecule has 0 aromatic heterocycles. The second-order valence-electron chi connectivity index (χ2n) is 8.38. The molecule has 7 heteroatoms. The Hall–Kier alpha value is -2.86. The Morgan fingerprint density at radius 3 is 2.40 bits per heavy atom. The van der Waals surface area contributed by atoms with Gasteiger partial charge in [0.1, 0.15) is 11.9 Å². The molecular formula is C23H19ClN2O4. The number of nitrogens with zero attached hydrogens (tertiary/aromatic N) is 2. The number of halogens is 1. The largest absolute Gasteiger partial charge is 0.497 e. The number of oxime groups is 1. The minimum atomic E-state index is -0.341. The zero-order valence-electron chi connectivity index (χ0n) is 16.2. The van der Waals surface area contributed by atoms with Crippen LogP contribution in [0.3, 0.4) is 0 Å². The highest BCUT2D eigenvalue weighted by Crippen LogP contribution is 2.62. The summed E-state index contributed by atoms with van der Waals surface area (Å²) in [7, 11) is 1.58. The van der Waals surface area contributed by atoms with E-state index in [2.05, 4.69) is 5.16 Å². The maximum absolute atomic E-state index is 13.4. The van der Waals surface area contributed by atoms with Crippen LogP contribution in [-0.4, -0.2) is 30.7 Å². The minimum Gasteiger partial charge on any atom is -0.497 e. The van der Waals surface area contributed by atoms with E-state index in [0.717, 1.165) is 17.7 Å². The molecular weight excluding hydrogens is 404 g/mol. The van der Waals surface area contributed by atoms with Crippen LogP contribution in [-0.2, 0) is 14.4 Å². The van der Waals surface area contributed by atoms with Crippen molar-refractivity contribution in [3.05, 3.63) is 59.1 Å². The van der Waals surface area contributed by atoms with E-state index in [1.165, 1.54) is 4.90 Å². The lowest BCUT2D eigenvalue weighted by Gasteiger charge is -2.30. The second kappa shape index (κ2) is 6.32. The highest BCUT2D eigenvalue weighted by atomic mass is 35.5. The van der Waals surface area contributed by atoms with Gasteiger partial charge in [0, 0.05) is 22.4 Å². The quantitative estimate of drug-likeness (QED) is 0.710. The molecule has 2 aliphatic carbocycles. The van der Waals surface area contributed by atoms with Gasteiger partial charge in [0.05, 0.1) is 30.3 Å². The molecule has 6 rings (SSSR count). The van der Waals surface area contributed by atoms with E-state index < -0.39 is 0 Å². The van der Waals surface area contributed by atoms with Crippen molar-refractivity contribution in [3.8, 4) is 5.75 Å². The number of rotatable bonds is 3. The lowest BCUT2D eigenvalue weighted by molar-refractivity contribution is -0.125. The molecule has 0 N–H and O–H groups in total. The van der Waals surface area contributed by atoms with Crippen LogP contribution in [0.5, 0.6) is 5.75 Å². The number of hydrogen-bond acceptors (Lipinski definition) is 5. The third-order valence-corrected chi connectivity index (χ3v) is 7.50. The maximum atomic E-state index is 13.4. The highest BCUT2D eigenvalue weighted by Gasteiger charge is 2.70. The van der Waals surface area contributed by atoms with Crippen molar-refractivity contribution in [1.29, 1.82) is 0 Å². The number of imide groups is 1. The molecule has 2 bridgehead atoms. The Balaban J connectivity index is 1.35. The maximum Gasteiger partial charge on any atom is 0.238 e. The monoisotopic (exact) mass is 422 g/mol. The summed E-state index contributed by atoms with van der Waals surface area (Å²) in [6.45, 7) is 0. The fraction of sp³-hybridized carbons (Fsp3) is 0.348. The fourth-order valence-electron chi connectivity index (χ4n) is 6.00. The molecule has 2 aromatic carbocycles. The summed E-state index contributed by atoms with van der Waals surface area (Å²) >= 11 is 6.41. The summed E-state index contributed by atoms with van der Waals surface area (Å²) in [6, 6.07) is 14.6. The summed E-state index contributed by atoms with van der Waals surface area (Å²) in [5.41, 5.74) is 2.24. The van der Waals surface area contributed by atoms with Crippen LogP contribution in [0.25, 0.3) is 0 Å². The fourth-order valence-corrected chi connectivity index (χ4v) is 6.24. The van der Waals surface area contributed by atoms with E-state index in [0.29, 0.717) is 16.5 Å². The van der Waals surface area contributed by atoms with Gasteiger partial charge in [-0.25, -0.2) is 0 Å². The predicted molar refractivity (Wildman–Crippen MR) is 110 cm³/mol. The highest BCUT2D eigenvalue weighted by molar-refractivity contribution is 6.34. The van der Waals surface area contributed by atoms with Crippen molar-refractivity contribution in [2.24, 2.45) is 34.7 Å². The Bertz CT molecular complexity index is 1100. The van der Waals surface area contributed by atoms with Gasteiger partial charge < -0.3 is 9.57 Å². The minimum absolute atomic E-state index is 0.00608. The van der Waals surface area contributed by atoms with Gasteiger partial charge in [0.25, 0.3) is 0 Å². The summed E-state index contributed by atoms with van der Waals surface area (Å²) in [5.74, 6) is -0.227. The van der Waals surface area contributed by atoms with E-state index in [-0.39, 0.29) is 47.5 Å². The Morgan fingerprint density at radius 1 is 1.00 bits per heavy atom. The number of carbonyl (C=O) groups is 2. The van der Waals surface area contributed by atoms with Gasteiger partial charge in [-0.3, -0.25) is 14.5 Å². The van der Waals surface area contributed by atoms with Gasteiger partial charge >= 0.3 is 0 Å². The van der Waals surface area contributed by atoms with Gasteiger partial charge in [-0.2, -0.15) is 0 Å². The van der Waals surface area contributed by atoms with Crippen molar-refractivity contribution in [2.45, 2.75) is 12.5 Å². The molecule has 2 heterocycles. The number of carbonyl (C=O) groups excluding carboxylic acids is 2. The van der Waals surface area contributed by atoms with Crippen LogP contribution in [0.4, 0.5) is 5.69 Å². The molecule has 2 amide bonds. The topological polar surface area (TPSA) is 68.2 Å². The first-order chi connectivity index (χ1) is 14.6. The lowest BCUT2D eigenvalue weighted by Crippen LogP contribution is -2.41. The van der Waals surface area contributed by atoms with E-state index in [1.54, 1.807) is 31.4 Å².